The second-order valence-electron chi connectivity index (χ2n) is 9.15. The molecule has 26 heavy (non-hydrogen) atoms. The van der Waals surface area contributed by atoms with Gasteiger partial charge < -0.3 is 0 Å². The number of benzene rings is 3. The molecule has 0 nitrogen and oxygen atoms in total. The van der Waals surface area contributed by atoms with Gasteiger partial charge in [-0.15, -0.1) is 0 Å². The van der Waals surface area contributed by atoms with Crippen LogP contribution in [-0.2, 0) is 5.41 Å². The predicted molar refractivity (Wildman–Crippen MR) is 118 cm³/mol. The summed E-state index contributed by atoms with van der Waals surface area (Å²) in [5, 5.41) is 0. The molecule has 0 bridgehead atoms. The van der Waals surface area contributed by atoms with E-state index >= 15 is 0 Å². The molecule has 3 aromatic rings. The summed E-state index contributed by atoms with van der Waals surface area (Å²) in [6, 6.07) is 22.6. The van der Waals surface area contributed by atoms with Crippen molar-refractivity contribution >= 4 is 22.1 Å². The Morgan fingerprint density at radius 3 is 1.92 bits per heavy atom. The number of rotatable bonds is 1. The van der Waals surface area contributed by atoms with Crippen LogP contribution >= 0.6 is 0 Å². The second-order valence-corrected chi connectivity index (χ2v) is 18.1. The van der Waals surface area contributed by atoms with E-state index in [9.17, 15) is 0 Å². The average molecular weight is 401 g/mol. The van der Waals surface area contributed by atoms with Gasteiger partial charge in [0.25, 0.3) is 0 Å². The zero-order chi connectivity index (χ0) is 18.7. The molecule has 0 saturated carbocycles. The molecule has 0 N–H and O–H groups in total. The molecular weight excluding hydrogens is 373 g/mol. The van der Waals surface area contributed by atoms with Gasteiger partial charge >= 0.3 is 161 Å². The van der Waals surface area contributed by atoms with Crippen molar-refractivity contribution in [1.82, 2.24) is 0 Å². The maximum absolute atomic E-state index is 2.59. The van der Waals surface area contributed by atoms with E-state index in [1.54, 1.807) is 14.4 Å². The third kappa shape index (κ3) is 2.50. The minimum atomic E-state index is -2.42. The number of hydrogen-bond donors (Lipinski definition) is 0. The summed E-state index contributed by atoms with van der Waals surface area (Å²) in [5.74, 6) is 5.18. The SMILES string of the molecule is Cc1ccc2[c](c1C(C)(C)C)[Ge]([CH3])([CH3])[c]1c(-c3ccccc3)cccc1-2. The molecule has 0 saturated heterocycles. The van der Waals surface area contributed by atoms with E-state index in [2.05, 4.69) is 99.9 Å². The first-order chi connectivity index (χ1) is 12.2. The van der Waals surface area contributed by atoms with Gasteiger partial charge in [0.15, 0.2) is 0 Å². The molecule has 1 heteroatoms. The van der Waals surface area contributed by atoms with E-state index in [0.29, 0.717) is 0 Å². The fraction of sp³-hybridized carbons (Fsp3) is 0.280. The van der Waals surface area contributed by atoms with Crippen molar-refractivity contribution in [3.63, 3.8) is 0 Å². The summed E-state index contributed by atoms with van der Waals surface area (Å²) < 4.78 is 3.36. The molecule has 0 unspecified atom stereocenters. The molecule has 132 valence electrons. The molecule has 1 heterocycles. The number of fused-ring (bicyclic) bond motifs is 3. The standard InChI is InChI=1S/C25H28Ge/c1-17-15-16-21-20-14-10-13-19(18-11-8-7-9-12-18)23(20)26(5,6)24(21)22(17)25(2,3)4/h7-16H,1-6H3. The fourth-order valence-corrected chi connectivity index (χ4v) is 13.6. The van der Waals surface area contributed by atoms with Crippen LogP contribution < -0.4 is 8.79 Å². The van der Waals surface area contributed by atoms with Crippen LogP contribution in [0.3, 0.4) is 0 Å². The topological polar surface area (TPSA) is 0 Å². The Morgan fingerprint density at radius 2 is 1.27 bits per heavy atom. The first kappa shape index (κ1) is 17.6. The normalized spacial score (nSPS) is 14.8. The van der Waals surface area contributed by atoms with Crippen LogP contribution in [0, 0.1) is 6.92 Å². The van der Waals surface area contributed by atoms with Gasteiger partial charge in [0.2, 0.25) is 0 Å². The van der Waals surface area contributed by atoms with Crippen molar-refractivity contribution < 1.29 is 0 Å². The number of hydrogen-bond acceptors (Lipinski definition) is 0. The van der Waals surface area contributed by atoms with Crippen LogP contribution in [0.5, 0.6) is 0 Å². The molecule has 0 amide bonds. The van der Waals surface area contributed by atoms with Gasteiger partial charge in [-0.1, -0.05) is 0 Å². The maximum atomic E-state index is 2.59. The molecule has 0 aliphatic carbocycles. The van der Waals surface area contributed by atoms with Crippen molar-refractivity contribution in [2.24, 2.45) is 0 Å². The Bertz CT molecular complexity index is 989. The summed E-state index contributed by atoms with van der Waals surface area (Å²) in [7, 11) is 0. The van der Waals surface area contributed by atoms with Crippen LogP contribution in [0.15, 0.2) is 60.7 Å². The minimum absolute atomic E-state index is 0.174. The van der Waals surface area contributed by atoms with Gasteiger partial charge in [-0.25, -0.2) is 0 Å². The van der Waals surface area contributed by atoms with Crippen molar-refractivity contribution in [2.45, 2.75) is 44.6 Å². The Balaban J connectivity index is 2.08. The van der Waals surface area contributed by atoms with Crippen molar-refractivity contribution in [3.05, 3.63) is 71.8 Å². The average Bonchev–Trinajstić information content (AvgIpc) is 2.82. The first-order valence-electron chi connectivity index (χ1n) is 9.57. The van der Waals surface area contributed by atoms with Gasteiger partial charge in [0.05, 0.1) is 0 Å². The van der Waals surface area contributed by atoms with Gasteiger partial charge in [0.1, 0.15) is 0 Å². The summed E-state index contributed by atoms with van der Waals surface area (Å²) >= 11 is -2.42. The quantitative estimate of drug-likeness (QED) is 0.455. The first-order valence-corrected chi connectivity index (χ1v) is 15.9. The van der Waals surface area contributed by atoms with Crippen molar-refractivity contribution in [2.75, 3.05) is 0 Å². The van der Waals surface area contributed by atoms with Crippen LogP contribution in [0.2, 0.25) is 11.5 Å². The van der Waals surface area contributed by atoms with E-state index in [4.69, 9.17) is 0 Å². The number of aryl methyl sites for hydroxylation is 1. The second kappa shape index (κ2) is 5.85. The molecule has 1 aliphatic heterocycles. The third-order valence-electron chi connectivity index (χ3n) is 5.85. The molecule has 0 fully saturated rings. The van der Waals surface area contributed by atoms with E-state index in [1.807, 2.05) is 0 Å². The third-order valence-corrected chi connectivity index (χ3v) is 13.3. The zero-order valence-corrected chi connectivity index (χ0v) is 18.9. The van der Waals surface area contributed by atoms with E-state index in [-0.39, 0.29) is 5.41 Å². The molecule has 0 radical (unpaired) electrons. The monoisotopic (exact) mass is 402 g/mol. The van der Waals surface area contributed by atoms with Gasteiger partial charge in [-0.3, -0.25) is 0 Å². The Kier molecular flexibility index (Phi) is 3.96. The molecule has 0 atom stereocenters. The Hall–Kier alpha value is -1.80. The molecular formula is C25H28Ge. The molecule has 4 rings (SSSR count). The molecule has 0 aromatic heterocycles. The van der Waals surface area contributed by atoms with Crippen molar-refractivity contribution in [3.8, 4) is 22.3 Å². The van der Waals surface area contributed by atoms with Crippen molar-refractivity contribution in [1.29, 1.82) is 0 Å². The van der Waals surface area contributed by atoms with Crippen LogP contribution in [0.4, 0.5) is 0 Å². The summed E-state index contributed by atoms with van der Waals surface area (Å²) in [6.45, 7) is 9.40. The molecule has 1 aliphatic rings. The van der Waals surface area contributed by atoms with E-state index in [1.165, 1.54) is 27.8 Å². The summed E-state index contributed by atoms with van der Waals surface area (Å²) in [4.78, 5) is 0. The molecule has 0 spiro atoms. The van der Waals surface area contributed by atoms with Crippen LogP contribution in [0.25, 0.3) is 22.3 Å². The van der Waals surface area contributed by atoms with E-state index in [0.717, 1.165) is 0 Å². The van der Waals surface area contributed by atoms with Gasteiger partial charge in [-0.05, 0) is 0 Å². The van der Waals surface area contributed by atoms with E-state index < -0.39 is 13.3 Å². The summed E-state index contributed by atoms with van der Waals surface area (Å²) in [6.07, 6.45) is 0. The Labute approximate surface area is 160 Å². The fourth-order valence-electron chi connectivity index (χ4n) is 4.98. The predicted octanol–water partition coefficient (Wildman–Crippen LogP) is 5.76. The zero-order valence-electron chi connectivity index (χ0n) is 16.8. The Morgan fingerprint density at radius 1 is 0.654 bits per heavy atom. The summed E-state index contributed by atoms with van der Waals surface area (Å²) in [5.41, 5.74) is 8.99. The molecule has 3 aromatic carbocycles. The van der Waals surface area contributed by atoms with Gasteiger partial charge in [-0.2, -0.15) is 0 Å². The van der Waals surface area contributed by atoms with Gasteiger partial charge in [0, 0.05) is 0 Å². The van der Waals surface area contributed by atoms with Crippen LogP contribution in [-0.4, -0.2) is 13.3 Å². The van der Waals surface area contributed by atoms with Crippen LogP contribution in [0.1, 0.15) is 31.9 Å².